The molecule has 3 heterocycles. The Hall–Kier alpha value is -1.98. The topological polar surface area (TPSA) is 101 Å². The third-order valence-electron chi connectivity index (χ3n) is 3.65. The molecule has 0 radical (unpaired) electrons. The van der Waals surface area contributed by atoms with E-state index >= 15 is 0 Å². The van der Waals surface area contributed by atoms with Gasteiger partial charge in [0.25, 0.3) is 0 Å². The smallest absolute Gasteiger partial charge is 0.225 e. The van der Waals surface area contributed by atoms with Crippen molar-refractivity contribution in [2.45, 2.75) is 6.54 Å². The molecule has 1 fully saturated rings. The molecule has 0 bridgehead atoms. The second-order valence-electron chi connectivity index (χ2n) is 5.05. The van der Waals surface area contributed by atoms with Crippen LogP contribution in [0.1, 0.15) is 5.69 Å². The number of halogens is 1. The minimum absolute atomic E-state index is 0. The van der Waals surface area contributed by atoms with Crippen LogP contribution in [-0.2, 0) is 13.6 Å². The van der Waals surface area contributed by atoms with Gasteiger partial charge in [0.15, 0.2) is 5.96 Å². The maximum absolute atomic E-state index is 6.08. The van der Waals surface area contributed by atoms with E-state index in [1.165, 1.54) is 0 Å². The number of nitrogens with two attached hydrogens (primary N) is 1. The second kappa shape index (κ2) is 8.04. The van der Waals surface area contributed by atoms with Crippen molar-refractivity contribution in [2.24, 2.45) is 17.8 Å². The zero-order chi connectivity index (χ0) is 15.4. The van der Waals surface area contributed by atoms with Gasteiger partial charge < -0.3 is 15.5 Å². The number of aryl methyl sites for hydroxylation is 1. The molecule has 124 valence electrons. The van der Waals surface area contributed by atoms with Crippen LogP contribution in [0.2, 0.25) is 0 Å². The summed E-state index contributed by atoms with van der Waals surface area (Å²) in [7, 11) is 1.84. The number of hydrogen-bond acceptors (Lipinski definition) is 6. The molecule has 0 aromatic carbocycles. The van der Waals surface area contributed by atoms with Gasteiger partial charge in [0.05, 0.1) is 18.4 Å². The van der Waals surface area contributed by atoms with Gasteiger partial charge in [-0.2, -0.15) is 0 Å². The SMILES string of the molecule is Cn1nncc1CN=C(N)N1CCN(c2ncccn2)CC1.I. The summed E-state index contributed by atoms with van der Waals surface area (Å²) in [5.74, 6) is 1.31. The summed E-state index contributed by atoms with van der Waals surface area (Å²) < 4.78 is 1.70. The molecule has 10 heteroatoms. The monoisotopic (exact) mass is 429 g/mol. The largest absolute Gasteiger partial charge is 0.370 e. The molecule has 1 aliphatic heterocycles. The van der Waals surface area contributed by atoms with Crippen molar-refractivity contribution in [3.05, 3.63) is 30.4 Å². The molecular formula is C13H20IN9. The maximum Gasteiger partial charge on any atom is 0.225 e. The van der Waals surface area contributed by atoms with Gasteiger partial charge in [-0.1, -0.05) is 5.21 Å². The molecule has 0 spiro atoms. The van der Waals surface area contributed by atoms with Gasteiger partial charge in [-0.15, -0.1) is 29.1 Å². The highest BCUT2D eigenvalue weighted by Gasteiger charge is 2.19. The molecule has 0 amide bonds. The zero-order valence-corrected chi connectivity index (χ0v) is 15.2. The normalized spacial score (nSPS) is 15.4. The standard InChI is InChI=1S/C13H19N9.HI/c1-20-11(10-18-19-20)9-17-12(14)21-5-7-22(8-6-21)13-15-3-2-4-16-13;/h2-4,10H,5-9H2,1H3,(H2,14,17);1H. The van der Waals surface area contributed by atoms with Gasteiger partial charge in [0.1, 0.15) is 0 Å². The van der Waals surface area contributed by atoms with E-state index in [4.69, 9.17) is 5.73 Å². The Labute approximate surface area is 151 Å². The first-order valence-corrected chi connectivity index (χ1v) is 7.14. The highest BCUT2D eigenvalue weighted by atomic mass is 127. The van der Waals surface area contributed by atoms with Gasteiger partial charge in [-0.25, -0.2) is 15.0 Å². The quantitative estimate of drug-likeness (QED) is 0.412. The lowest BCUT2D eigenvalue weighted by Crippen LogP contribution is -2.51. The Morgan fingerprint density at radius 3 is 2.52 bits per heavy atom. The summed E-state index contributed by atoms with van der Waals surface area (Å²) in [6, 6.07) is 1.82. The van der Waals surface area contributed by atoms with E-state index in [0.717, 1.165) is 37.8 Å². The van der Waals surface area contributed by atoms with E-state index in [2.05, 4.69) is 35.1 Å². The van der Waals surface area contributed by atoms with Crippen LogP contribution in [0.5, 0.6) is 0 Å². The van der Waals surface area contributed by atoms with Crippen molar-refractivity contribution in [1.82, 2.24) is 29.9 Å². The third-order valence-corrected chi connectivity index (χ3v) is 3.65. The van der Waals surface area contributed by atoms with Crippen LogP contribution in [-0.4, -0.2) is 62.0 Å². The second-order valence-corrected chi connectivity index (χ2v) is 5.05. The minimum Gasteiger partial charge on any atom is -0.370 e. The lowest BCUT2D eigenvalue weighted by Gasteiger charge is -2.35. The van der Waals surface area contributed by atoms with Crippen molar-refractivity contribution >= 4 is 35.9 Å². The van der Waals surface area contributed by atoms with E-state index in [0.29, 0.717) is 12.5 Å². The van der Waals surface area contributed by atoms with Crippen LogP contribution in [0.15, 0.2) is 29.6 Å². The number of aliphatic imine (C=N–C) groups is 1. The number of nitrogens with zero attached hydrogens (tertiary/aromatic N) is 8. The number of guanidine groups is 1. The first kappa shape index (κ1) is 17.4. The number of anilines is 1. The Balaban J connectivity index is 0.00000192. The van der Waals surface area contributed by atoms with Crippen LogP contribution >= 0.6 is 24.0 Å². The summed E-state index contributed by atoms with van der Waals surface area (Å²) in [4.78, 5) is 17.2. The molecule has 2 N–H and O–H groups in total. The molecule has 2 aromatic rings. The number of piperazine rings is 1. The van der Waals surface area contributed by atoms with Crippen molar-refractivity contribution in [3.63, 3.8) is 0 Å². The lowest BCUT2D eigenvalue weighted by molar-refractivity contribution is 0.378. The molecule has 0 aliphatic carbocycles. The molecule has 1 saturated heterocycles. The van der Waals surface area contributed by atoms with E-state index in [-0.39, 0.29) is 24.0 Å². The fourth-order valence-electron chi connectivity index (χ4n) is 2.31. The molecule has 2 aromatic heterocycles. The van der Waals surface area contributed by atoms with Crippen molar-refractivity contribution < 1.29 is 0 Å². The number of rotatable bonds is 3. The van der Waals surface area contributed by atoms with Crippen molar-refractivity contribution in [1.29, 1.82) is 0 Å². The van der Waals surface area contributed by atoms with Gasteiger partial charge in [0.2, 0.25) is 5.95 Å². The fourth-order valence-corrected chi connectivity index (χ4v) is 2.31. The Morgan fingerprint density at radius 2 is 1.91 bits per heavy atom. The number of hydrogen-bond donors (Lipinski definition) is 1. The minimum atomic E-state index is 0. The van der Waals surface area contributed by atoms with E-state index in [1.54, 1.807) is 23.3 Å². The average Bonchev–Trinajstić information content (AvgIpc) is 2.99. The van der Waals surface area contributed by atoms with E-state index in [9.17, 15) is 0 Å². The van der Waals surface area contributed by atoms with Gasteiger partial charge in [-0.05, 0) is 6.07 Å². The molecule has 1 aliphatic rings. The summed E-state index contributed by atoms with van der Waals surface area (Å²) in [5.41, 5.74) is 7.01. The predicted molar refractivity (Wildman–Crippen MR) is 97.6 cm³/mol. The number of aromatic nitrogens is 5. The first-order chi connectivity index (χ1) is 10.7. The summed E-state index contributed by atoms with van der Waals surface area (Å²) in [6.07, 6.45) is 5.21. The van der Waals surface area contributed by atoms with Crippen LogP contribution < -0.4 is 10.6 Å². The van der Waals surface area contributed by atoms with Crippen LogP contribution in [0.3, 0.4) is 0 Å². The average molecular weight is 429 g/mol. The lowest BCUT2D eigenvalue weighted by atomic mass is 10.3. The van der Waals surface area contributed by atoms with E-state index in [1.807, 2.05) is 13.1 Å². The molecule has 0 unspecified atom stereocenters. The van der Waals surface area contributed by atoms with E-state index < -0.39 is 0 Å². The highest BCUT2D eigenvalue weighted by Crippen LogP contribution is 2.09. The highest BCUT2D eigenvalue weighted by molar-refractivity contribution is 14.0. The third kappa shape index (κ3) is 4.27. The molecule has 0 atom stereocenters. The summed E-state index contributed by atoms with van der Waals surface area (Å²) >= 11 is 0. The predicted octanol–water partition coefficient (Wildman–Crippen LogP) is -0.140. The molecule has 0 saturated carbocycles. The van der Waals surface area contributed by atoms with Gasteiger partial charge >= 0.3 is 0 Å². The van der Waals surface area contributed by atoms with Crippen LogP contribution in [0.4, 0.5) is 5.95 Å². The van der Waals surface area contributed by atoms with Crippen molar-refractivity contribution in [2.75, 3.05) is 31.1 Å². The van der Waals surface area contributed by atoms with Crippen molar-refractivity contribution in [3.8, 4) is 0 Å². The Morgan fingerprint density at radius 1 is 1.22 bits per heavy atom. The zero-order valence-electron chi connectivity index (χ0n) is 12.9. The molecular weight excluding hydrogens is 409 g/mol. The first-order valence-electron chi connectivity index (χ1n) is 7.14. The fraction of sp³-hybridized carbons (Fsp3) is 0.462. The summed E-state index contributed by atoms with van der Waals surface area (Å²) in [6.45, 7) is 3.74. The Bertz CT molecular complexity index is 634. The van der Waals surface area contributed by atoms with Gasteiger partial charge in [-0.3, -0.25) is 4.68 Å². The summed E-state index contributed by atoms with van der Waals surface area (Å²) in [5, 5.41) is 7.70. The van der Waals surface area contributed by atoms with Gasteiger partial charge in [0, 0.05) is 45.6 Å². The molecule has 23 heavy (non-hydrogen) atoms. The van der Waals surface area contributed by atoms with Crippen LogP contribution in [0.25, 0.3) is 0 Å². The molecule has 9 nitrogen and oxygen atoms in total. The van der Waals surface area contributed by atoms with Crippen LogP contribution in [0, 0.1) is 0 Å². The molecule has 3 rings (SSSR count). The maximum atomic E-state index is 6.08. The Kier molecular flexibility index (Phi) is 6.07.